The van der Waals surface area contributed by atoms with Gasteiger partial charge in [-0.05, 0) is 49.7 Å². The van der Waals surface area contributed by atoms with Crippen molar-refractivity contribution in [3.63, 3.8) is 0 Å². The topological polar surface area (TPSA) is 151 Å². The fourth-order valence-corrected chi connectivity index (χ4v) is 6.91. The lowest BCUT2D eigenvalue weighted by Crippen LogP contribution is -2.39. The van der Waals surface area contributed by atoms with E-state index in [1.807, 2.05) is 36.4 Å². The van der Waals surface area contributed by atoms with E-state index in [1.54, 1.807) is 12.4 Å². The first-order chi connectivity index (χ1) is 25.6. The van der Waals surface area contributed by atoms with E-state index in [2.05, 4.69) is 75.2 Å². The van der Waals surface area contributed by atoms with E-state index >= 15 is 0 Å². The fraction of sp³-hybridized carbons (Fsp3) is 0.421. The Bertz CT molecular complexity index is 1820. The molecule has 0 amide bonds. The van der Waals surface area contributed by atoms with Crippen LogP contribution >= 0.6 is 0 Å². The van der Waals surface area contributed by atoms with Crippen molar-refractivity contribution < 1.29 is 18.3 Å². The van der Waals surface area contributed by atoms with E-state index in [1.165, 1.54) is 23.8 Å². The highest BCUT2D eigenvalue weighted by molar-refractivity contribution is 5.86. The van der Waals surface area contributed by atoms with Crippen molar-refractivity contribution in [1.29, 1.82) is 0 Å². The van der Waals surface area contributed by atoms with Crippen LogP contribution in [0.2, 0.25) is 0 Å². The number of rotatable bonds is 12. The molecular formula is C38H44F2N10O2. The van der Waals surface area contributed by atoms with Crippen molar-refractivity contribution >= 4 is 33.7 Å². The molecule has 0 bridgehead atoms. The maximum absolute atomic E-state index is 14.6. The standard InChI is InChI=1S/2C19H22FN5O/c2*20-16-10-14(24-18-15-11-23-25-19(15)22-12-21-18)6-7-17(16)26-9-8-13-4-2-1-3-5-13/h2*1-5,11-12,14,16-17H,6-10H2,(H2,21,22,23,24,25)/t2*14-,16-,17-/m10/s1. The summed E-state index contributed by atoms with van der Waals surface area (Å²) >= 11 is 0. The highest BCUT2D eigenvalue weighted by Gasteiger charge is 2.33. The fourth-order valence-electron chi connectivity index (χ4n) is 6.91. The van der Waals surface area contributed by atoms with Gasteiger partial charge in [0.1, 0.15) is 36.6 Å². The minimum absolute atomic E-state index is 0.0342. The molecule has 0 saturated heterocycles. The molecule has 2 aliphatic rings. The van der Waals surface area contributed by atoms with E-state index in [9.17, 15) is 8.78 Å². The summed E-state index contributed by atoms with van der Waals surface area (Å²) < 4.78 is 40.8. The Morgan fingerprint density at radius 2 is 1.04 bits per heavy atom. The van der Waals surface area contributed by atoms with E-state index in [0.29, 0.717) is 61.8 Å². The summed E-state index contributed by atoms with van der Waals surface area (Å²) in [5.74, 6) is 1.40. The SMILES string of the molecule is F[C@@H]1C[C@H](Nc2ncnc3[nH]ncc23)CC[C@H]1OCCc1ccccc1.F[C@H]1C[C@@H](Nc2ncnc3[nH]ncc23)CC[C@@H]1OCCc1ccccc1. The zero-order valence-electron chi connectivity index (χ0n) is 28.9. The molecule has 2 aliphatic carbocycles. The predicted molar refractivity (Wildman–Crippen MR) is 195 cm³/mol. The van der Waals surface area contributed by atoms with Gasteiger partial charge in [-0.2, -0.15) is 10.2 Å². The average Bonchev–Trinajstić information content (AvgIpc) is 3.86. The molecule has 6 atom stereocenters. The van der Waals surface area contributed by atoms with Crippen LogP contribution in [-0.4, -0.2) is 90.2 Å². The molecule has 2 saturated carbocycles. The van der Waals surface area contributed by atoms with Gasteiger partial charge in [-0.15, -0.1) is 0 Å². The number of fused-ring (bicyclic) bond motifs is 2. The number of benzene rings is 2. The quantitative estimate of drug-likeness (QED) is 0.110. The van der Waals surface area contributed by atoms with Gasteiger partial charge in [0.05, 0.1) is 48.6 Å². The first kappa shape index (κ1) is 35.3. The molecule has 14 heteroatoms. The minimum Gasteiger partial charge on any atom is -0.375 e. The Kier molecular flexibility index (Phi) is 11.8. The molecule has 2 fully saturated rings. The number of nitrogens with one attached hydrogen (secondary N) is 4. The molecule has 8 rings (SSSR count). The van der Waals surface area contributed by atoms with Crippen LogP contribution in [0.4, 0.5) is 20.4 Å². The highest BCUT2D eigenvalue weighted by Crippen LogP contribution is 2.29. The Hall–Kier alpha value is -5.08. The monoisotopic (exact) mass is 710 g/mol. The van der Waals surface area contributed by atoms with Crippen molar-refractivity contribution in [2.24, 2.45) is 0 Å². The lowest BCUT2D eigenvalue weighted by atomic mass is 9.91. The van der Waals surface area contributed by atoms with E-state index in [0.717, 1.165) is 36.5 Å². The van der Waals surface area contributed by atoms with Gasteiger partial charge in [-0.3, -0.25) is 10.2 Å². The Morgan fingerprint density at radius 3 is 1.46 bits per heavy atom. The number of halogens is 2. The van der Waals surface area contributed by atoms with Crippen LogP contribution in [0.5, 0.6) is 0 Å². The van der Waals surface area contributed by atoms with Crippen LogP contribution in [0.3, 0.4) is 0 Å². The molecule has 4 aromatic heterocycles. The first-order valence-electron chi connectivity index (χ1n) is 18.0. The van der Waals surface area contributed by atoms with Gasteiger partial charge in [0.2, 0.25) is 0 Å². The van der Waals surface area contributed by atoms with Gasteiger partial charge in [-0.25, -0.2) is 28.7 Å². The van der Waals surface area contributed by atoms with Crippen molar-refractivity contribution in [3.05, 3.63) is 96.8 Å². The van der Waals surface area contributed by atoms with E-state index in [-0.39, 0.29) is 24.3 Å². The van der Waals surface area contributed by atoms with Gasteiger partial charge in [-0.1, -0.05) is 60.7 Å². The molecule has 4 N–H and O–H groups in total. The van der Waals surface area contributed by atoms with Crippen molar-refractivity contribution in [2.75, 3.05) is 23.8 Å². The second-order valence-electron chi connectivity index (χ2n) is 13.3. The number of hydrogen-bond donors (Lipinski definition) is 4. The lowest BCUT2D eigenvalue weighted by Gasteiger charge is -2.32. The molecule has 4 heterocycles. The lowest BCUT2D eigenvalue weighted by molar-refractivity contribution is -0.0252. The second-order valence-corrected chi connectivity index (χ2v) is 13.3. The van der Waals surface area contributed by atoms with Gasteiger partial charge < -0.3 is 20.1 Å². The summed E-state index contributed by atoms with van der Waals surface area (Å²) in [6.07, 6.45) is 9.29. The summed E-state index contributed by atoms with van der Waals surface area (Å²) in [7, 11) is 0. The Morgan fingerprint density at radius 1 is 0.596 bits per heavy atom. The maximum Gasteiger partial charge on any atom is 0.160 e. The number of ether oxygens (including phenoxy) is 2. The zero-order valence-corrected chi connectivity index (χ0v) is 28.9. The molecule has 0 aliphatic heterocycles. The average molecular weight is 711 g/mol. The summed E-state index contributed by atoms with van der Waals surface area (Å²) in [6, 6.07) is 20.3. The predicted octanol–water partition coefficient (Wildman–Crippen LogP) is 6.57. The number of hydrogen-bond acceptors (Lipinski definition) is 10. The molecule has 0 spiro atoms. The molecule has 0 unspecified atom stereocenters. The molecular weight excluding hydrogens is 666 g/mol. The van der Waals surface area contributed by atoms with E-state index in [4.69, 9.17) is 9.47 Å². The molecule has 0 radical (unpaired) electrons. The summed E-state index contributed by atoms with van der Waals surface area (Å²) in [4.78, 5) is 16.8. The van der Waals surface area contributed by atoms with Gasteiger partial charge in [0.25, 0.3) is 0 Å². The second kappa shape index (κ2) is 17.4. The molecule has 272 valence electrons. The number of anilines is 2. The van der Waals surface area contributed by atoms with Crippen molar-refractivity contribution in [3.8, 4) is 0 Å². The molecule has 52 heavy (non-hydrogen) atoms. The Balaban J connectivity index is 0.000000162. The van der Waals surface area contributed by atoms with Gasteiger partial charge >= 0.3 is 0 Å². The molecule has 6 aromatic rings. The van der Waals surface area contributed by atoms with Crippen LogP contribution in [-0.2, 0) is 22.3 Å². The van der Waals surface area contributed by atoms with Crippen LogP contribution in [0.1, 0.15) is 49.7 Å². The molecule has 2 aromatic carbocycles. The summed E-state index contributed by atoms with van der Waals surface area (Å²) in [5.41, 5.74) is 3.78. The van der Waals surface area contributed by atoms with Crippen LogP contribution in [0, 0.1) is 0 Å². The third-order valence-corrected chi connectivity index (χ3v) is 9.73. The van der Waals surface area contributed by atoms with E-state index < -0.39 is 12.3 Å². The third-order valence-electron chi connectivity index (χ3n) is 9.73. The number of alkyl halides is 2. The Labute approximate surface area is 300 Å². The first-order valence-corrected chi connectivity index (χ1v) is 18.0. The summed E-state index contributed by atoms with van der Waals surface area (Å²) in [5, 5.41) is 21.9. The zero-order chi connectivity index (χ0) is 35.5. The smallest absolute Gasteiger partial charge is 0.160 e. The van der Waals surface area contributed by atoms with Gasteiger partial charge in [0, 0.05) is 24.9 Å². The van der Waals surface area contributed by atoms with Crippen LogP contribution in [0.15, 0.2) is 85.7 Å². The van der Waals surface area contributed by atoms with Crippen molar-refractivity contribution in [1.82, 2.24) is 40.3 Å². The minimum atomic E-state index is -0.973. The van der Waals surface area contributed by atoms with Crippen LogP contribution < -0.4 is 10.6 Å². The van der Waals surface area contributed by atoms with Crippen LogP contribution in [0.25, 0.3) is 22.1 Å². The van der Waals surface area contributed by atoms with Crippen molar-refractivity contribution in [2.45, 2.75) is 88.0 Å². The number of aromatic nitrogens is 8. The summed E-state index contributed by atoms with van der Waals surface area (Å²) in [6.45, 7) is 1.10. The largest absolute Gasteiger partial charge is 0.375 e. The molecule has 12 nitrogen and oxygen atoms in total. The highest BCUT2D eigenvalue weighted by atomic mass is 19.1. The maximum atomic E-state index is 14.6. The number of aromatic amines is 2. The van der Waals surface area contributed by atoms with Gasteiger partial charge in [0.15, 0.2) is 11.3 Å². The number of nitrogens with zero attached hydrogens (tertiary/aromatic N) is 6. The normalized spacial score (nSPS) is 23.2. The number of H-pyrrole nitrogens is 2. The third kappa shape index (κ3) is 9.22.